The van der Waals surface area contributed by atoms with Gasteiger partial charge in [-0.1, -0.05) is 39.3 Å². The summed E-state index contributed by atoms with van der Waals surface area (Å²) in [7, 11) is 0. The lowest BCUT2D eigenvalue weighted by Gasteiger charge is -2.58. The molecule has 0 radical (unpaired) electrons. The van der Waals surface area contributed by atoms with Crippen LogP contribution in [0.5, 0.6) is 0 Å². The van der Waals surface area contributed by atoms with Crippen molar-refractivity contribution in [1.29, 1.82) is 0 Å². The zero-order chi connectivity index (χ0) is 45.9. The lowest BCUT2D eigenvalue weighted by Crippen LogP contribution is -2.64. The fraction of sp³-hybridized carbons (Fsp3) is 0.911. The van der Waals surface area contributed by atoms with E-state index < -0.39 is 117 Å². The van der Waals surface area contributed by atoms with Crippen LogP contribution >= 0.6 is 0 Å². The number of rotatable bonds is 14. The molecular formula is C45H72O18. The fourth-order valence-corrected chi connectivity index (χ4v) is 12.6. The van der Waals surface area contributed by atoms with Crippen molar-refractivity contribution in [1.82, 2.24) is 0 Å². The van der Waals surface area contributed by atoms with E-state index in [9.17, 15) is 60.7 Å². The number of aliphatic hydroxyl groups is 10. The molecule has 10 N–H and O–H groups in total. The smallest absolute Gasteiger partial charge is 0.187 e. The Morgan fingerprint density at radius 1 is 0.762 bits per heavy atom. The molecule has 7 rings (SSSR count). The molecule has 24 atom stereocenters. The third-order valence-corrected chi connectivity index (χ3v) is 16.5. The van der Waals surface area contributed by atoms with Crippen LogP contribution in [-0.4, -0.2) is 181 Å². The van der Waals surface area contributed by atoms with Gasteiger partial charge in [-0.2, -0.15) is 0 Å². The van der Waals surface area contributed by atoms with Gasteiger partial charge < -0.3 is 79.5 Å². The lowest BCUT2D eigenvalue weighted by atomic mass is 9.47. The molecule has 360 valence electrons. The highest BCUT2D eigenvalue weighted by Crippen LogP contribution is 2.66. The Kier molecular flexibility index (Phi) is 15.3. The van der Waals surface area contributed by atoms with Crippen LogP contribution in [0.4, 0.5) is 0 Å². The summed E-state index contributed by atoms with van der Waals surface area (Å²) in [6.45, 7) is 8.71. The minimum absolute atomic E-state index is 0.0171. The minimum Gasteiger partial charge on any atom is -0.394 e. The minimum atomic E-state index is -1.67. The number of Topliss-reactive ketones (excluding diaryl/α,β-unsaturated/α-hetero) is 2. The fourth-order valence-electron chi connectivity index (χ4n) is 12.6. The number of hydrogen-bond acceptors (Lipinski definition) is 18. The second kappa shape index (κ2) is 19.6. The first-order valence-electron chi connectivity index (χ1n) is 23.1. The molecule has 3 saturated heterocycles. The lowest BCUT2D eigenvalue weighted by molar-refractivity contribution is -0.369. The Labute approximate surface area is 368 Å². The van der Waals surface area contributed by atoms with E-state index in [0.29, 0.717) is 31.6 Å². The first-order chi connectivity index (χ1) is 29.7. The topological polar surface area (TPSA) is 292 Å². The number of carbonyl (C=O) groups is 2. The van der Waals surface area contributed by atoms with Gasteiger partial charge in [-0.25, -0.2) is 0 Å². The van der Waals surface area contributed by atoms with E-state index >= 15 is 0 Å². The molecule has 0 aromatic heterocycles. The molecule has 63 heavy (non-hydrogen) atoms. The summed E-state index contributed by atoms with van der Waals surface area (Å²) in [5.74, 6) is -0.137. The maximum absolute atomic E-state index is 14.0. The highest BCUT2D eigenvalue weighted by Gasteiger charge is 2.63. The number of ether oxygens (including phenoxy) is 6. The quantitative estimate of drug-likeness (QED) is 0.0957. The average Bonchev–Trinajstić information content (AvgIpc) is 3.54. The summed E-state index contributed by atoms with van der Waals surface area (Å²) in [5.41, 5.74) is 0.735. The standard InChI is InChI=1S/C45H72O18/c1-19(18-58-41-38(56)36(54)33(51)29(16-46)61-41)6-9-27(48)20(2)31-28(49)15-26-24-8-7-22-14-23(10-12-44(22,4)25(24)11-13-45(26,31)5)60-43-40(37(55)34(52)30(17-47)62-43)63-42-39(57)35(53)32(50)21(3)59-42/h7,19-21,23-26,29-43,46-47,50-57H,6,8-18H2,1-5H3/t19-,20-,21+,23+,24-,25+,26-,29-,30-,31+,32+,33-,34-,35-,36+,37+,38-,39-,40-,41-,42+,43-,44+,45+/m1/s1. The number of carbonyl (C=O) groups excluding carboxylic acids is 2. The number of allylic oxidation sites excluding steroid dienone is 1. The summed E-state index contributed by atoms with van der Waals surface area (Å²) in [6, 6.07) is 0. The Morgan fingerprint density at radius 3 is 2.08 bits per heavy atom. The summed E-state index contributed by atoms with van der Waals surface area (Å²) in [6.07, 6.45) is -13.4. The van der Waals surface area contributed by atoms with E-state index in [1.165, 1.54) is 12.5 Å². The Morgan fingerprint density at radius 2 is 1.40 bits per heavy atom. The molecule has 0 unspecified atom stereocenters. The van der Waals surface area contributed by atoms with Gasteiger partial charge in [-0.3, -0.25) is 9.59 Å². The van der Waals surface area contributed by atoms with Crippen LogP contribution in [0.3, 0.4) is 0 Å². The molecule has 7 aliphatic rings. The van der Waals surface area contributed by atoms with Crippen molar-refractivity contribution in [2.45, 2.75) is 191 Å². The van der Waals surface area contributed by atoms with E-state index in [-0.39, 0.29) is 59.3 Å². The van der Waals surface area contributed by atoms with Crippen molar-refractivity contribution in [3.8, 4) is 0 Å². The van der Waals surface area contributed by atoms with Crippen LogP contribution in [0.15, 0.2) is 11.6 Å². The summed E-state index contributed by atoms with van der Waals surface area (Å²) >= 11 is 0. The molecule has 0 aromatic carbocycles. The molecule has 0 bridgehead atoms. The molecule has 18 nitrogen and oxygen atoms in total. The zero-order valence-corrected chi connectivity index (χ0v) is 37.0. The number of fused-ring (bicyclic) bond motifs is 5. The van der Waals surface area contributed by atoms with Gasteiger partial charge in [-0.15, -0.1) is 0 Å². The van der Waals surface area contributed by atoms with Gasteiger partial charge in [0.15, 0.2) is 18.9 Å². The molecular weight excluding hydrogens is 828 g/mol. The van der Waals surface area contributed by atoms with Crippen molar-refractivity contribution in [3.05, 3.63) is 11.6 Å². The maximum atomic E-state index is 14.0. The molecule has 6 fully saturated rings. The summed E-state index contributed by atoms with van der Waals surface area (Å²) in [5, 5.41) is 103. The second-order valence-corrected chi connectivity index (χ2v) is 20.4. The number of aliphatic hydroxyl groups excluding tert-OH is 10. The van der Waals surface area contributed by atoms with Gasteiger partial charge in [0.05, 0.1) is 32.0 Å². The van der Waals surface area contributed by atoms with E-state index in [0.717, 1.165) is 25.7 Å². The van der Waals surface area contributed by atoms with E-state index in [2.05, 4.69) is 19.9 Å². The molecule has 0 aromatic rings. The van der Waals surface area contributed by atoms with Crippen LogP contribution in [0, 0.1) is 46.3 Å². The average molecular weight is 901 g/mol. The predicted molar refractivity (Wildman–Crippen MR) is 218 cm³/mol. The van der Waals surface area contributed by atoms with Crippen molar-refractivity contribution in [2.75, 3.05) is 19.8 Å². The Balaban J connectivity index is 0.964. The molecule has 3 heterocycles. The van der Waals surface area contributed by atoms with E-state index in [1.807, 2.05) is 13.8 Å². The van der Waals surface area contributed by atoms with Crippen molar-refractivity contribution in [2.24, 2.45) is 46.3 Å². The first-order valence-corrected chi connectivity index (χ1v) is 23.1. The van der Waals surface area contributed by atoms with Crippen LogP contribution in [0.1, 0.15) is 92.4 Å². The highest BCUT2D eigenvalue weighted by molar-refractivity contribution is 5.92. The van der Waals surface area contributed by atoms with Gasteiger partial charge in [0.2, 0.25) is 0 Å². The second-order valence-electron chi connectivity index (χ2n) is 20.4. The molecule has 3 saturated carbocycles. The maximum Gasteiger partial charge on any atom is 0.187 e. The molecule has 4 aliphatic carbocycles. The third-order valence-electron chi connectivity index (χ3n) is 16.5. The van der Waals surface area contributed by atoms with Gasteiger partial charge in [0.25, 0.3) is 0 Å². The van der Waals surface area contributed by atoms with Crippen molar-refractivity contribution < 1.29 is 89.1 Å². The van der Waals surface area contributed by atoms with Gasteiger partial charge in [0, 0.05) is 24.7 Å². The molecule has 0 spiro atoms. The highest BCUT2D eigenvalue weighted by atomic mass is 16.8. The Hall–Kier alpha value is -1.56. The van der Waals surface area contributed by atoms with E-state index in [4.69, 9.17) is 28.4 Å². The number of ketones is 2. The van der Waals surface area contributed by atoms with Gasteiger partial charge in [-0.05, 0) is 86.4 Å². The molecule has 18 heteroatoms. The summed E-state index contributed by atoms with van der Waals surface area (Å²) in [4.78, 5) is 27.8. The number of hydrogen-bond donors (Lipinski definition) is 10. The van der Waals surface area contributed by atoms with Crippen LogP contribution in [-0.2, 0) is 38.0 Å². The van der Waals surface area contributed by atoms with Gasteiger partial charge in [0.1, 0.15) is 78.7 Å². The SMILES string of the molecule is C[C@H](CCC(=O)[C@@H](C)[C@H]1C(=O)C[C@@H]2[C@@H]3CC=C4C[C@@H](O[C@@H]5O[C@H](CO)[C@@H](O)[C@H](O)[C@H]5O[C@@H]5O[C@@H](C)[C@H](O)[C@@H](O)[C@H]5O)CC[C@]4(C)[C@H]3CC[C@@]21C)CO[C@@H]1O[C@H](CO)[C@@H](O)[C@H](O)[C@H]1O. The molecule has 3 aliphatic heterocycles. The molecule has 0 amide bonds. The van der Waals surface area contributed by atoms with Crippen LogP contribution in [0.25, 0.3) is 0 Å². The normalized spacial score (nSPS) is 49.9. The zero-order valence-electron chi connectivity index (χ0n) is 37.0. The first kappa shape index (κ1) is 49.3. The van der Waals surface area contributed by atoms with Crippen molar-refractivity contribution in [3.63, 3.8) is 0 Å². The largest absolute Gasteiger partial charge is 0.394 e. The predicted octanol–water partition coefficient (Wildman–Crippen LogP) is -0.781. The van der Waals surface area contributed by atoms with Crippen molar-refractivity contribution >= 4 is 11.6 Å². The monoisotopic (exact) mass is 900 g/mol. The summed E-state index contributed by atoms with van der Waals surface area (Å²) < 4.78 is 35.1. The van der Waals surface area contributed by atoms with Crippen LogP contribution < -0.4 is 0 Å². The van der Waals surface area contributed by atoms with Crippen LogP contribution in [0.2, 0.25) is 0 Å². The Bertz CT molecular complexity index is 1630. The van der Waals surface area contributed by atoms with Gasteiger partial charge >= 0.3 is 0 Å². The van der Waals surface area contributed by atoms with E-state index in [1.54, 1.807) is 0 Å². The third kappa shape index (κ3) is 9.24.